The monoisotopic (exact) mass is 433 g/mol. The fraction of sp³-hybridized carbons (Fsp3) is 0.176. The summed E-state index contributed by atoms with van der Waals surface area (Å²) in [6.45, 7) is -0.751. The molecule has 2 aromatic carbocycles. The Morgan fingerprint density at radius 1 is 0.867 bits per heavy atom. The molecular formula is C17H9F6N3O4. The highest BCUT2D eigenvalue weighted by Gasteiger charge is 2.38. The van der Waals surface area contributed by atoms with Gasteiger partial charge in [0.05, 0.1) is 33.8 Å². The highest BCUT2D eigenvalue weighted by Crippen LogP contribution is 2.37. The van der Waals surface area contributed by atoms with E-state index in [9.17, 15) is 46.0 Å². The normalized spacial score (nSPS) is 14.1. The van der Waals surface area contributed by atoms with Crippen LogP contribution >= 0.6 is 0 Å². The number of alkyl halides is 6. The van der Waals surface area contributed by atoms with Crippen molar-refractivity contribution in [2.24, 2.45) is 0 Å². The molecule has 3 rings (SSSR count). The summed E-state index contributed by atoms with van der Waals surface area (Å²) in [6.07, 6.45) is -10.1. The molecule has 0 bridgehead atoms. The Hall–Kier alpha value is -3.64. The fourth-order valence-corrected chi connectivity index (χ4v) is 2.76. The average Bonchev–Trinajstić information content (AvgIpc) is 2.88. The number of nitro benzene ring substituents is 1. The smallest absolute Gasteiger partial charge is 0.367 e. The van der Waals surface area contributed by atoms with Gasteiger partial charge in [-0.15, -0.1) is 0 Å². The lowest BCUT2D eigenvalue weighted by atomic mass is 10.1. The Labute approximate surface area is 163 Å². The number of imide groups is 1. The predicted molar refractivity (Wildman–Crippen MR) is 88.5 cm³/mol. The van der Waals surface area contributed by atoms with Crippen molar-refractivity contribution >= 4 is 23.2 Å². The van der Waals surface area contributed by atoms with Crippen LogP contribution in [0.1, 0.15) is 31.8 Å². The van der Waals surface area contributed by atoms with Gasteiger partial charge < -0.3 is 5.32 Å². The number of hydrogen-bond donors (Lipinski definition) is 1. The molecule has 13 heteroatoms. The lowest BCUT2D eigenvalue weighted by molar-refractivity contribution is -0.384. The minimum Gasteiger partial charge on any atom is -0.367 e. The van der Waals surface area contributed by atoms with Crippen LogP contribution in [-0.2, 0) is 12.4 Å². The zero-order valence-corrected chi connectivity index (χ0v) is 14.5. The van der Waals surface area contributed by atoms with Crippen LogP contribution in [0.4, 0.5) is 37.7 Å². The molecule has 0 atom stereocenters. The van der Waals surface area contributed by atoms with Gasteiger partial charge >= 0.3 is 12.4 Å². The van der Waals surface area contributed by atoms with Crippen molar-refractivity contribution in [3.8, 4) is 0 Å². The number of nitrogens with zero attached hydrogens (tertiary/aromatic N) is 2. The maximum absolute atomic E-state index is 12.9. The molecule has 0 fully saturated rings. The van der Waals surface area contributed by atoms with Crippen molar-refractivity contribution < 1.29 is 40.9 Å². The van der Waals surface area contributed by atoms with Crippen LogP contribution in [0, 0.1) is 10.1 Å². The van der Waals surface area contributed by atoms with Gasteiger partial charge in [0.15, 0.2) is 0 Å². The van der Waals surface area contributed by atoms with Crippen LogP contribution in [0.2, 0.25) is 0 Å². The van der Waals surface area contributed by atoms with Gasteiger partial charge in [-0.2, -0.15) is 26.3 Å². The van der Waals surface area contributed by atoms with Crippen molar-refractivity contribution in [3.05, 3.63) is 68.8 Å². The molecule has 0 spiro atoms. The van der Waals surface area contributed by atoms with E-state index in [2.05, 4.69) is 5.32 Å². The van der Waals surface area contributed by atoms with Gasteiger partial charge in [0.2, 0.25) is 0 Å². The summed E-state index contributed by atoms with van der Waals surface area (Å²) in [4.78, 5) is 35.2. The molecule has 0 saturated heterocycles. The van der Waals surface area contributed by atoms with Crippen molar-refractivity contribution in [1.82, 2.24) is 4.90 Å². The minimum absolute atomic E-state index is 0.0632. The Balaban J connectivity index is 1.87. The van der Waals surface area contributed by atoms with E-state index in [-0.39, 0.29) is 17.2 Å². The molecule has 158 valence electrons. The molecule has 0 aliphatic carbocycles. The van der Waals surface area contributed by atoms with Gasteiger partial charge in [-0.1, -0.05) is 0 Å². The maximum atomic E-state index is 12.9. The summed E-state index contributed by atoms with van der Waals surface area (Å²) in [5.74, 6) is -1.88. The van der Waals surface area contributed by atoms with E-state index in [1.54, 1.807) is 0 Å². The van der Waals surface area contributed by atoms with Crippen LogP contribution in [0.25, 0.3) is 0 Å². The van der Waals surface area contributed by atoms with Crippen molar-refractivity contribution in [2.45, 2.75) is 12.4 Å². The van der Waals surface area contributed by atoms with Gasteiger partial charge in [-0.25, -0.2) is 0 Å². The zero-order valence-electron chi connectivity index (χ0n) is 14.5. The number of nitrogens with one attached hydrogen (secondary N) is 1. The summed E-state index contributed by atoms with van der Waals surface area (Å²) in [7, 11) is 0. The first-order valence-corrected chi connectivity index (χ1v) is 7.97. The lowest BCUT2D eigenvalue weighted by Gasteiger charge is -2.18. The molecule has 0 aromatic heterocycles. The van der Waals surface area contributed by atoms with E-state index in [0.717, 1.165) is 18.2 Å². The number of amides is 2. The molecule has 1 aliphatic rings. The van der Waals surface area contributed by atoms with Crippen molar-refractivity contribution in [1.29, 1.82) is 0 Å². The number of hydrogen-bond acceptors (Lipinski definition) is 5. The van der Waals surface area contributed by atoms with E-state index in [1.165, 1.54) is 0 Å². The molecule has 0 saturated carbocycles. The Kier molecular flexibility index (Phi) is 4.92. The number of fused-ring (bicyclic) bond motifs is 1. The molecule has 30 heavy (non-hydrogen) atoms. The second-order valence-electron chi connectivity index (χ2n) is 6.15. The molecule has 0 unspecified atom stereocenters. The Morgan fingerprint density at radius 2 is 1.40 bits per heavy atom. The molecule has 7 nitrogen and oxygen atoms in total. The number of non-ortho nitro benzene ring substituents is 1. The number of anilines is 1. The third-order valence-electron chi connectivity index (χ3n) is 4.19. The topological polar surface area (TPSA) is 92.5 Å². The van der Waals surface area contributed by atoms with Crippen molar-refractivity contribution in [3.63, 3.8) is 0 Å². The van der Waals surface area contributed by atoms with Gasteiger partial charge in [-0.05, 0) is 24.3 Å². The first-order chi connectivity index (χ1) is 13.8. The highest BCUT2D eigenvalue weighted by atomic mass is 19.4. The van der Waals surface area contributed by atoms with Crippen molar-refractivity contribution in [2.75, 3.05) is 12.0 Å². The van der Waals surface area contributed by atoms with Gasteiger partial charge in [0, 0.05) is 17.8 Å². The molecular weight excluding hydrogens is 424 g/mol. The molecule has 2 aromatic rings. The van der Waals surface area contributed by atoms with E-state index >= 15 is 0 Å². The lowest BCUT2D eigenvalue weighted by Crippen LogP contribution is -2.34. The average molecular weight is 433 g/mol. The molecule has 0 radical (unpaired) electrons. The largest absolute Gasteiger partial charge is 0.416 e. The van der Waals surface area contributed by atoms with Crippen LogP contribution in [0.15, 0.2) is 36.4 Å². The Morgan fingerprint density at radius 3 is 1.90 bits per heavy atom. The molecule has 1 N–H and O–H groups in total. The SMILES string of the molecule is O=C1c2ccc([N+](=O)[O-])cc2C(=O)N1CNc1cc(C(F)(F)F)cc(C(F)(F)F)c1. The van der Waals surface area contributed by atoms with E-state index in [1.807, 2.05) is 0 Å². The van der Waals surface area contributed by atoms with E-state index < -0.39 is 58.3 Å². The van der Waals surface area contributed by atoms with Crippen LogP contribution in [0.3, 0.4) is 0 Å². The molecule has 2 amide bonds. The number of benzene rings is 2. The number of rotatable bonds is 4. The third-order valence-corrected chi connectivity index (χ3v) is 4.19. The second-order valence-corrected chi connectivity index (χ2v) is 6.15. The van der Waals surface area contributed by atoms with Gasteiger partial charge in [0.1, 0.15) is 0 Å². The van der Waals surface area contributed by atoms with Gasteiger partial charge in [-0.3, -0.25) is 24.6 Å². The third kappa shape index (κ3) is 3.90. The highest BCUT2D eigenvalue weighted by molar-refractivity contribution is 6.21. The predicted octanol–water partition coefficient (Wildman–Crippen LogP) is 4.30. The first kappa shape index (κ1) is 21.1. The van der Waals surface area contributed by atoms with E-state index in [4.69, 9.17) is 0 Å². The summed E-state index contributed by atoms with van der Waals surface area (Å²) in [6, 6.07) is 3.63. The summed E-state index contributed by atoms with van der Waals surface area (Å²) >= 11 is 0. The number of halogens is 6. The number of nitro groups is 1. The maximum Gasteiger partial charge on any atom is 0.416 e. The minimum atomic E-state index is -5.06. The van der Waals surface area contributed by atoms with Crippen LogP contribution < -0.4 is 5.32 Å². The molecule has 1 heterocycles. The quantitative estimate of drug-likeness (QED) is 0.336. The summed E-state index contributed by atoms with van der Waals surface area (Å²) < 4.78 is 77.5. The molecule has 1 aliphatic heterocycles. The standard InChI is InChI=1S/C17H9F6N3O4/c18-16(19,20)8-3-9(17(21,22)23)5-10(4-8)24-7-25-14(27)12-2-1-11(26(29)30)6-13(12)15(25)28/h1-6,24H,7H2. The Bertz CT molecular complexity index is 1030. The van der Waals surface area contributed by atoms with E-state index in [0.29, 0.717) is 17.0 Å². The zero-order chi connectivity index (χ0) is 22.4. The first-order valence-electron chi connectivity index (χ1n) is 7.97. The summed E-state index contributed by atoms with van der Waals surface area (Å²) in [5.41, 5.74) is -4.70. The summed E-state index contributed by atoms with van der Waals surface area (Å²) in [5, 5.41) is 13.0. The second kappa shape index (κ2) is 7.00. The number of carbonyl (C=O) groups excluding carboxylic acids is 2. The fourth-order valence-electron chi connectivity index (χ4n) is 2.76. The number of carbonyl (C=O) groups is 2. The van der Waals surface area contributed by atoms with Gasteiger partial charge in [0.25, 0.3) is 17.5 Å². The van der Waals surface area contributed by atoms with Crippen LogP contribution in [-0.4, -0.2) is 28.3 Å². The van der Waals surface area contributed by atoms with Crippen LogP contribution in [0.5, 0.6) is 0 Å².